The molecule has 0 N–H and O–H groups in total. The molecule has 0 saturated heterocycles. The SMILES string of the molecule is CCCCCCCCN1C=CN(c2ccccc2)C1Cc1ccccc1. The highest BCUT2D eigenvalue weighted by Crippen LogP contribution is 2.27. The molecule has 26 heavy (non-hydrogen) atoms. The lowest BCUT2D eigenvalue weighted by Gasteiger charge is -2.33. The van der Waals surface area contributed by atoms with Gasteiger partial charge in [0, 0.05) is 31.1 Å². The molecule has 0 amide bonds. The van der Waals surface area contributed by atoms with Gasteiger partial charge < -0.3 is 9.80 Å². The van der Waals surface area contributed by atoms with Crippen LogP contribution in [-0.4, -0.2) is 17.6 Å². The molecule has 0 aliphatic carbocycles. The first-order valence-electron chi connectivity index (χ1n) is 10.2. The molecule has 0 aromatic heterocycles. The molecular formula is C24H32N2. The molecule has 1 atom stereocenters. The van der Waals surface area contributed by atoms with E-state index in [1.807, 2.05) is 0 Å². The van der Waals surface area contributed by atoms with Gasteiger partial charge in [0.15, 0.2) is 0 Å². The van der Waals surface area contributed by atoms with Crippen LogP contribution in [0.4, 0.5) is 5.69 Å². The van der Waals surface area contributed by atoms with Crippen molar-refractivity contribution in [2.45, 2.75) is 58.0 Å². The highest BCUT2D eigenvalue weighted by Gasteiger charge is 2.27. The van der Waals surface area contributed by atoms with E-state index in [0.717, 1.165) is 13.0 Å². The van der Waals surface area contributed by atoms with Crippen molar-refractivity contribution < 1.29 is 0 Å². The second-order valence-electron chi connectivity index (χ2n) is 7.22. The average Bonchev–Trinajstić information content (AvgIpc) is 3.08. The molecule has 2 nitrogen and oxygen atoms in total. The van der Waals surface area contributed by atoms with Crippen molar-refractivity contribution in [2.75, 3.05) is 11.4 Å². The Bertz CT molecular complexity index is 650. The van der Waals surface area contributed by atoms with Gasteiger partial charge in [-0.25, -0.2) is 0 Å². The lowest BCUT2D eigenvalue weighted by molar-refractivity contribution is 0.290. The zero-order chi connectivity index (χ0) is 18.0. The van der Waals surface area contributed by atoms with Crippen molar-refractivity contribution in [2.24, 2.45) is 0 Å². The molecule has 2 heteroatoms. The Kier molecular flexibility index (Phi) is 7.18. The first-order chi connectivity index (χ1) is 12.9. The van der Waals surface area contributed by atoms with Crippen LogP contribution in [0.5, 0.6) is 0 Å². The maximum absolute atomic E-state index is 2.53. The minimum atomic E-state index is 0.371. The molecule has 0 spiro atoms. The van der Waals surface area contributed by atoms with E-state index in [9.17, 15) is 0 Å². The summed E-state index contributed by atoms with van der Waals surface area (Å²) in [5.41, 5.74) is 2.67. The summed E-state index contributed by atoms with van der Waals surface area (Å²) in [5, 5.41) is 0. The molecule has 1 heterocycles. The lowest BCUT2D eigenvalue weighted by Crippen LogP contribution is -2.40. The maximum Gasteiger partial charge on any atom is 0.109 e. The number of hydrogen-bond acceptors (Lipinski definition) is 2. The van der Waals surface area contributed by atoms with Crippen LogP contribution >= 0.6 is 0 Å². The van der Waals surface area contributed by atoms with Gasteiger partial charge in [0.2, 0.25) is 0 Å². The predicted molar refractivity (Wildman–Crippen MR) is 112 cm³/mol. The third kappa shape index (κ3) is 5.14. The van der Waals surface area contributed by atoms with Crippen LogP contribution in [0.3, 0.4) is 0 Å². The molecule has 2 aromatic rings. The van der Waals surface area contributed by atoms with Crippen LogP contribution in [0, 0.1) is 0 Å². The summed E-state index contributed by atoms with van der Waals surface area (Å²) in [7, 11) is 0. The van der Waals surface area contributed by atoms with Crippen molar-refractivity contribution in [1.29, 1.82) is 0 Å². The smallest absolute Gasteiger partial charge is 0.109 e. The normalized spacial score (nSPS) is 16.4. The van der Waals surface area contributed by atoms with Crippen molar-refractivity contribution >= 4 is 5.69 Å². The number of hydrogen-bond donors (Lipinski definition) is 0. The van der Waals surface area contributed by atoms with Crippen molar-refractivity contribution in [1.82, 2.24) is 4.90 Å². The molecule has 2 aromatic carbocycles. The molecule has 1 aliphatic heterocycles. The number of benzene rings is 2. The first kappa shape index (κ1) is 18.6. The molecule has 0 radical (unpaired) electrons. The Morgan fingerprint density at radius 3 is 2.12 bits per heavy atom. The topological polar surface area (TPSA) is 6.48 Å². The predicted octanol–water partition coefficient (Wildman–Crippen LogP) is 6.21. The average molecular weight is 349 g/mol. The van der Waals surface area contributed by atoms with E-state index >= 15 is 0 Å². The standard InChI is InChI=1S/C24H32N2/c1-2-3-4-5-6-13-18-25-19-20-26(23-16-11-8-12-17-23)24(25)21-22-14-9-7-10-15-22/h7-12,14-17,19-20,24H,2-6,13,18,21H2,1H3. The number of anilines is 1. The van der Waals surface area contributed by atoms with E-state index in [0.29, 0.717) is 6.17 Å². The van der Waals surface area contributed by atoms with Crippen molar-refractivity contribution in [3.63, 3.8) is 0 Å². The zero-order valence-corrected chi connectivity index (χ0v) is 16.1. The molecule has 1 aliphatic rings. The number of rotatable bonds is 10. The Labute approximate surface area is 159 Å². The van der Waals surface area contributed by atoms with Crippen molar-refractivity contribution in [3.05, 3.63) is 78.6 Å². The molecule has 1 unspecified atom stereocenters. The van der Waals surface area contributed by atoms with Gasteiger partial charge in [0.05, 0.1) is 0 Å². The third-order valence-corrected chi connectivity index (χ3v) is 5.21. The lowest BCUT2D eigenvalue weighted by atomic mass is 10.1. The van der Waals surface area contributed by atoms with Gasteiger partial charge in [-0.05, 0) is 24.1 Å². The van der Waals surface area contributed by atoms with Gasteiger partial charge in [-0.15, -0.1) is 0 Å². The second-order valence-corrected chi connectivity index (χ2v) is 7.22. The van der Waals surface area contributed by atoms with E-state index in [1.165, 1.54) is 49.8 Å². The van der Waals surface area contributed by atoms with E-state index in [-0.39, 0.29) is 0 Å². The fourth-order valence-electron chi connectivity index (χ4n) is 3.71. The fourth-order valence-corrected chi connectivity index (χ4v) is 3.71. The Morgan fingerprint density at radius 1 is 0.731 bits per heavy atom. The highest BCUT2D eigenvalue weighted by molar-refractivity contribution is 5.51. The minimum Gasteiger partial charge on any atom is -0.355 e. The van der Waals surface area contributed by atoms with Gasteiger partial charge in [-0.1, -0.05) is 87.6 Å². The number of para-hydroxylation sites is 1. The summed E-state index contributed by atoms with van der Waals surface area (Å²) in [6.07, 6.45) is 14.0. The molecule has 138 valence electrons. The second kappa shape index (κ2) is 10.1. The Hall–Kier alpha value is -2.22. The van der Waals surface area contributed by atoms with E-state index < -0.39 is 0 Å². The Morgan fingerprint density at radius 2 is 1.38 bits per heavy atom. The van der Waals surface area contributed by atoms with Crippen LogP contribution < -0.4 is 4.90 Å². The van der Waals surface area contributed by atoms with Gasteiger partial charge >= 0.3 is 0 Å². The molecule has 3 rings (SSSR count). The minimum absolute atomic E-state index is 0.371. The number of unbranched alkanes of at least 4 members (excludes halogenated alkanes) is 5. The summed E-state index contributed by atoms with van der Waals surface area (Å²) in [5.74, 6) is 0. The van der Waals surface area contributed by atoms with Gasteiger partial charge in [0.25, 0.3) is 0 Å². The monoisotopic (exact) mass is 348 g/mol. The van der Waals surface area contributed by atoms with Crippen LogP contribution in [0.2, 0.25) is 0 Å². The Balaban J connectivity index is 1.62. The third-order valence-electron chi connectivity index (χ3n) is 5.21. The van der Waals surface area contributed by atoms with Crippen LogP contribution in [0.15, 0.2) is 73.1 Å². The highest BCUT2D eigenvalue weighted by atomic mass is 15.4. The van der Waals surface area contributed by atoms with Crippen LogP contribution in [0.25, 0.3) is 0 Å². The molecule has 0 bridgehead atoms. The maximum atomic E-state index is 2.53. The summed E-state index contributed by atoms with van der Waals surface area (Å²) >= 11 is 0. The number of nitrogens with zero attached hydrogens (tertiary/aromatic N) is 2. The molecule has 0 fully saturated rings. The summed E-state index contributed by atoms with van der Waals surface area (Å²) in [4.78, 5) is 4.95. The van der Waals surface area contributed by atoms with Crippen LogP contribution in [-0.2, 0) is 6.42 Å². The van der Waals surface area contributed by atoms with Gasteiger partial charge in [-0.2, -0.15) is 0 Å². The largest absolute Gasteiger partial charge is 0.355 e. The summed E-state index contributed by atoms with van der Waals surface area (Å²) < 4.78 is 0. The van der Waals surface area contributed by atoms with E-state index in [4.69, 9.17) is 0 Å². The summed E-state index contributed by atoms with van der Waals surface area (Å²) in [6, 6.07) is 21.6. The first-order valence-corrected chi connectivity index (χ1v) is 10.2. The van der Waals surface area contributed by atoms with Gasteiger partial charge in [-0.3, -0.25) is 0 Å². The van der Waals surface area contributed by atoms with E-state index in [2.05, 4.69) is 89.8 Å². The summed E-state index contributed by atoms with van der Waals surface area (Å²) in [6.45, 7) is 3.42. The van der Waals surface area contributed by atoms with E-state index in [1.54, 1.807) is 0 Å². The fraction of sp³-hybridized carbons (Fsp3) is 0.417. The van der Waals surface area contributed by atoms with Crippen LogP contribution in [0.1, 0.15) is 51.0 Å². The van der Waals surface area contributed by atoms with Gasteiger partial charge in [0.1, 0.15) is 6.17 Å². The zero-order valence-electron chi connectivity index (χ0n) is 16.1. The quantitative estimate of drug-likeness (QED) is 0.471. The van der Waals surface area contributed by atoms with Crippen molar-refractivity contribution in [3.8, 4) is 0 Å². The molecular weight excluding hydrogens is 316 g/mol. The molecule has 0 saturated carbocycles.